The minimum Gasteiger partial charge on any atom is -0.374 e. The van der Waals surface area contributed by atoms with Crippen LogP contribution in [-0.2, 0) is 4.74 Å². The molecule has 2 aromatic heterocycles. The van der Waals surface area contributed by atoms with Crippen molar-refractivity contribution in [3.05, 3.63) is 46.1 Å². The molecule has 1 unspecified atom stereocenters. The largest absolute Gasteiger partial charge is 0.374 e. The van der Waals surface area contributed by atoms with E-state index in [1.54, 1.807) is 7.11 Å². The Kier molecular flexibility index (Phi) is 4.55. The lowest BCUT2D eigenvalue weighted by molar-refractivity contribution is 0.102. The van der Waals surface area contributed by atoms with E-state index in [9.17, 15) is 4.79 Å². The van der Waals surface area contributed by atoms with E-state index in [1.807, 2.05) is 45.0 Å². The van der Waals surface area contributed by atoms with Gasteiger partial charge in [0, 0.05) is 12.5 Å². The Morgan fingerprint density at radius 1 is 1.25 bits per heavy atom. The molecule has 0 spiro atoms. The minimum atomic E-state index is -0.240. The normalized spacial score (nSPS) is 12.3. The fourth-order valence-corrected chi connectivity index (χ4v) is 3.10. The molecule has 3 aromatic rings. The summed E-state index contributed by atoms with van der Waals surface area (Å²) >= 11 is 1.30. The molecule has 0 aliphatic carbocycles. The van der Waals surface area contributed by atoms with Crippen LogP contribution in [0.2, 0.25) is 0 Å². The average molecular weight is 342 g/mol. The predicted octanol–water partition coefficient (Wildman–Crippen LogP) is 3.66. The van der Waals surface area contributed by atoms with E-state index in [2.05, 4.69) is 20.5 Å². The lowest BCUT2D eigenvalue weighted by Gasteiger charge is -2.07. The van der Waals surface area contributed by atoms with Crippen molar-refractivity contribution in [3.8, 4) is 0 Å². The van der Waals surface area contributed by atoms with Crippen LogP contribution in [0.25, 0.3) is 10.9 Å². The Morgan fingerprint density at radius 2 is 2.04 bits per heavy atom. The number of aromatic nitrogens is 3. The highest BCUT2D eigenvalue weighted by Crippen LogP contribution is 2.24. The van der Waals surface area contributed by atoms with Gasteiger partial charge in [-0.05, 0) is 39.0 Å². The smallest absolute Gasteiger partial charge is 0.259 e. The first-order chi connectivity index (χ1) is 11.5. The fraction of sp³-hybridized carbons (Fsp3) is 0.294. The number of carbonyl (C=O) groups is 1. The van der Waals surface area contributed by atoms with E-state index in [0.717, 1.165) is 21.5 Å². The van der Waals surface area contributed by atoms with E-state index in [1.165, 1.54) is 11.3 Å². The number of carbonyl (C=O) groups excluding carboxylic acids is 1. The molecule has 0 aliphatic heterocycles. The molecule has 0 saturated carbocycles. The van der Waals surface area contributed by atoms with Crippen LogP contribution < -0.4 is 5.32 Å². The Labute approximate surface area is 143 Å². The Hall–Kier alpha value is -2.38. The quantitative estimate of drug-likeness (QED) is 0.783. The number of nitrogens with zero attached hydrogens (tertiary/aromatic N) is 3. The molecule has 2 heterocycles. The molecule has 1 atom stereocenters. The summed E-state index contributed by atoms with van der Waals surface area (Å²) in [6.07, 6.45) is -0.153. The summed E-state index contributed by atoms with van der Waals surface area (Å²) in [4.78, 5) is 17.1. The lowest BCUT2D eigenvalue weighted by Crippen LogP contribution is -2.14. The Balaban J connectivity index is 1.88. The number of anilines is 1. The number of fused-ring (bicyclic) bond motifs is 1. The second-order valence-electron chi connectivity index (χ2n) is 5.60. The van der Waals surface area contributed by atoms with Crippen molar-refractivity contribution in [3.63, 3.8) is 0 Å². The van der Waals surface area contributed by atoms with Gasteiger partial charge in [0.05, 0.1) is 16.8 Å². The Bertz CT molecular complexity index is 907. The van der Waals surface area contributed by atoms with Gasteiger partial charge in [0.25, 0.3) is 5.91 Å². The zero-order valence-corrected chi connectivity index (χ0v) is 14.8. The van der Waals surface area contributed by atoms with Gasteiger partial charge in [-0.2, -0.15) is 0 Å². The lowest BCUT2D eigenvalue weighted by atomic mass is 10.1. The highest BCUT2D eigenvalue weighted by atomic mass is 32.1. The van der Waals surface area contributed by atoms with Crippen LogP contribution in [-0.4, -0.2) is 28.2 Å². The number of aryl methyl sites for hydroxylation is 2. The fourth-order valence-electron chi connectivity index (χ4n) is 2.34. The van der Waals surface area contributed by atoms with Crippen LogP contribution >= 0.6 is 11.3 Å². The van der Waals surface area contributed by atoms with Gasteiger partial charge in [-0.3, -0.25) is 15.1 Å². The van der Waals surface area contributed by atoms with Crippen molar-refractivity contribution in [1.29, 1.82) is 0 Å². The summed E-state index contributed by atoms with van der Waals surface area (Å²) in [6.45, 7) is 5.72. The molecule has 0 saturated heterocycles. The van der Waals surface area contributed by atoms with E-state index >= 15 is 0 Å². The summed E-state index contributed by atoms with van der Waals surface area (Å²) < 4.78 is 5.20. The number of pyridine rings is 1. The maximum absolute atomic E-state index is 12.6. The summed E-state index contributed by atoms with van der Waals surface area (Å²) in [5.74, 6) is -0.240. The highest BCUT2D eigenvalue weighted by molar-refractivity contribution is 7.15. The third-order valence-corrected chi connectivity index (χ3v) is 4.77. The van der Waals surface area contributed by atoms with Crippen molar-refractivity contribution in [1.82, 2.24) is 15.2 Å². The third-order valence-electron chi connectivity index (χ3n) is 3.77. The van der Waals surface area contributed by atoms with Crippen molar-refractivity contribution < 1.29 is 9.53 Å². The summed E-state index contributed by atoms with van der Waals surface area (Å²) in [5.41, 5.74) is 3.21. The number of ether oxygens (including phenoxy) is 1. The van der Waals surface area contributed by atoms with Crippen molar-refractivity contribution in [2.45, 2.75) is 26.9 Å². The van der Waals surface area contributed by atoms with Crippen molar-refractivity contribution in [2.75, 3.05) is 12.4 Å². The monoisotopic (exact) mass is 342 g/mol. The summed E-state index contributed by atoms with van der Waals surface area (Å²) in [7, 11) is 1.61. The average Bonchev–Trinajstić information content (AvgIpc) is 3.02. The molecule has 24 heavy (non-hydrogen) atoms. The second kappa shape index (κ2) is 6.62. The van der Waals surface area contributed by atoms with E-state index < -0.39 is 0 Å². The molecular formula is C17H18N4O2S. The zero-order valence-electron chi connectivity index (χ0n) is 14.0. The number of benzene rings is 1. The number of nitrogens with one attached hydrogen (secondary N) is 1. The van der Waals surface area contributed by atoms with Crippen LogP contribution in [0.1, 0.15) is 39.7 Å². The first-order valence-electron chi connectivity index (χ1n) is 7.53. The van der Waals surface area contributed by atoms with Gasteiger partial charge in [0.2, 0.25) is 5.13 Å². The van der Waals surface area contributed by atoms with Crippen LogP contribution in [0.3, 0.4) is 0 Å². The number of hydrogen-bond acceptors (Lipinski definition) is 6. The summed E-state index contributed by atoms with van der Waals surface area (Å²) in [6, 6.07) is 7.85. The van der Waals surface area contributed by atoms with Crippen molar-refractivity contribution >= 4 is 33.3 Å². The summed E-state index contributed by atoms with van der Waals surface area (Å²) in [5, 5.41) is 12.9. The minimum absolute atomic E-state index is 0.153. The standard InChI is InChI=1S/C17H18N4O2S/c1-9-5-6-14-12(7-9)8-13(10(2)18-14)15(22)19-17-21-20-16(24-17)11(3)23-4/h5-8,11H,1-4H3,(H,19,21,22). The van der Waals surface area contributed by atoms with Gasteiger partial charge < -0.3 is 4.74 Å². The van der Waals surface area contributed by atoms with Gasteiger partial charge in [0.15, 0.2) is 0 Å². The molecule has 0 aliphatic rings. The van der Waals surface area contributed by atoms with Gasteiger partial charge in [-0.25, -0.2) is 0 Å². The van der Waals surface area contributed by atoms with Gasteiger partial charge in [0.1, 0.15) is 11.1 Å². The molecule has 7 heteroatoms. The number of hydrogen-bond donors (Lipinski definition) is 1. The van der Waals surface area contributed by atoms with E-state index in [0.29, 0.717) is 16.4 Å². The maximum atomic E-state index is 12.6. The van der Waals surface area contributed by atoms with Crippen molar-refractivity contribution in [2.24, 2.45) is 0 Å². The van der Waals surface area contributed by atoms with Crippen LogP contribution in [0.15, 0.2) is 24.3 Å². The van der Waals surface area contributed by atoms with Gasteiger partial charge in [-0.1, -0.05) is 23.0 Å². The van der Waals surface area contributed by atoms with Gasteiger partial charge in [-0.15, -0.1) is 10.2 Å². The second-order valence-corrected chi connectivity index (χ2v) is 6.60. The van der Waals surface area contributed by atoms with Crippen LogP contribution in [0.4, 0.5) is 5.13 Å². The Morgan fingerprint density at radius 3 is 2.79 bits per heavy atom. The molecule has 0 fully saturated rings. The van der Waals surface area contributed by atoms with E-state index in [4.69, 9.17) is 4.74 Å². The van der Waals surface area contributed by atoms with E-state index in [-0.39, 0.29) is 12.0 Å². The maximum Gasteiger partial charge on any atom is 0.259 e. The molecule has 6 nitrogen and oxygen atoms in total. The molecule has 3 rings (SSSR count). The molecular weight excluding hydrogens is 324 g/mol. The molecule has 1 aromatic carbocycles. The van der Waals surface area contributed by atoms with Crippen LogP contribution in [0, 0.1) is 13.8 Å². The SMILES string of the molecule is COC(C)c1nnc(NC(=O)c2cc3cc(C)ccc3nc2C)s1. The third kappa shape index (κ3) is 3.27. The molecule has 1 amide bonds. The molecule has 0 radical (unpaired) electrons. The molecule has 124 valence electrons. The number of rotatable bonds is 4. The molecule has 1 N–H and O–H groups in total. The zero-order chi connectivity index (χ0) is 17.3. The van der Waals surface area contributed by atoms with Crippen LogP contribution in [0.5, 0.6) is 0 Å². The highest BCUT2D eigenvalue weighted by Gasteiger charge is 2.16. The predicted molar refractivity (Wildman–Crippen MR) is 94.5 cm³/mol. The van der Waals surface area contributed by atoms with Gasteiger partial charge >= 0.3 is 0 Å². The number of amides is 1. The first kappa shape index (κ1) is 16.5. The molecule has 0 bridgehead atoms. The topological polar surface area (TPSA) is 77.0 Å². The first-order valence-corrected chi connectivity index (χ1v) is 8.35. The number of methoxy groups -OCH3 is 1.